The second-order valence-electron chi connectivity index (χ2n) is 12.5. The molecule has 0 amide bonds. The quantitative estimate of drug-likeness (QED) is 0.450. The SMILES string of the molecule is CN(C)c1nc(NC[C@H]2CC[C@H](CNS(=O)(=O)C[C@]34CC[C@H](C[C@H]3O)C4(C)C)CC2)nc2ccccc12. The van der Waals surface area contributed by atoms with Crippen LogP contribution in [0.2, 0.25) is 0 Å². The molecule has 2 aromatic rings. The predicted molar refractivity (Wildman–Crippen MR) is 149 cm³/mol. The van der Waals surface area contributed by atoms with Crippen molar-refractivity contribution in [2.24, 2.45) is 28.6 Å². The van der Waals surface area contributed by atoms with Gasteiger partial charge in [-0.25, -0.2) is 18.1 Å². The van der Waals surface area contributed by atoms with Gasteiger partial charge < -0.3 is 15.3 Å². The summed E-state index contributed by atoms with van der Waals surface area (Å²) >= 11 is 0. The molecule has 8 nitrogen and oxygen atoms in total. The number of hydrogen-bond donors (Lipinski definition) is 3. The number of para-hydroxylation sites is 1. The minimum Gasteiger partial charge on any atom is -0.392 e. The van der Waals surface area contributed by atoms with E-state index in [0.29, 0.717) is 30.2 Å². The minimum absolute atomic E-state index is 0.0463. The molecule has 37 heavy (non-hydrogen) atoms. The summed E-state index contributed by atoms with van der Waals surface area (Å²) < 4.78 is 29.1. The van der Waals surface area contributed by atoms with E-state index in [9.17, 15) is 13.5 Å². The number of nitrogens with zero attached hydrogens (tertiary/aromatic N) is 3. The Labute approximate surface area is 221 Å². The standard InChI is InChI=1S/C28H43N5O3S/c1-27(2)21-13-14-28(27,24(34)15-21)18-37(35,36)30-17-20-11-9-19(10-12-20)16-29-26-31-23-8-6-5-7-22(23)25(32-26)33(3)4/h5-8,19-21,24,30,34H,9-18H2,1-4H3,(H,29,31,32)/t19-,20-,21-,24-,28-/m1/s1. The van der Waals surface area contributed by atoms with Crippen molar-refractivity contribution in [1.82, 2.24) is 14.7 Å². The minimum atomic E-state index is -3.44. The van der Waals surface area contributed by atoms with Gasteiger partial charge >= 0.3 is 0 Å². The molecule has 3 N–H and O–H groups in total. The second kappa shape index (κ2) is 9.97. The van der Waals surface area contributed by atoms with Crippen LogP contribution < -0.4 is 14.9 Å². The van der Waals surface area contributed by atoms with E-state index >= 15 is 0 Å². The molecule has 0 spiro atoms. The van der Waals surface area contributed by atoms with Crippen LogP contribution in [0.5, 0.6) is 0 Å². The molecule has 1 aromatic carbocycles. The average molecular weight is 530 g/mol. The fourth-order valence-electron chi connectivity index (χ4n) is 7.37. The number of benzene rings is 1. The van der Waals surface area contributed by atoms with Crippen LogP contribution in [0.4, 0.5) is 11.8 Å². The Hall–Kier alpha value is -1.97. The largest absolute Gasteiger partial charge is 0.392 e. The lowest BCUT2D eigenvalue weighted by Crippen LogP contribution is -2.47. The maximum atomic E-state index is 13.1. The van der Waals surface area contributed by atoms with Gasteiger partial charge in [-0.15, -0.1) is 0 Å². The Morgan fingerprint density at radius 2 is 1.70 bits per heavy atom. The Kier molecular flexibility index (Phi) is 7.17. The van der Waals surface area contributed by atoms with E-state index in [1.165, 1.54) is 0 Å². The Bertz CT molecular complexity index is 1230. The molecule has 1 heterocycles. The van der Waals surface area contributed by atoms with Gasteiger partial charge in [-0.05, 0) is 80.2 Å². The van der Waals surface area contributed by atoms with Crippen LogP contribution in [0.15, 0.2) is 24.3 Å². The van der Waals surface area contributed by atoms with Crippen LogP contribution in [0.1, 0.15) is 58.8 Å². The molecular formula is C28H43N5O3S. The fraction of sp³-hybridized carbons (Fsp3) is 0.714. The number of hydrogen-bond acceptors (Lipinski definition) is 7. The van der Waals surface area contributed by atoms with Crippen LogP contribution in [0, 0.1) is 28.6 Å². The van der Waals surface area contributed by atoms with Crippen LogP contribution >= 0.6 is 0 Å². The first-order valence-electron chi connectivity index (χ1n) is 13.8. The maximum Gasteiger partial charge on any atom is 0.225 e. The summed E-state index contributed by atoms with van der Waals surface area (Å²) in [6.07, 6.45) is 6.20. The lowest BCUT2D eigenvalue weighted by atomic mass is 9.70. The van der Waals surface area contributed by atoms with Crippen molar-refractivity contribution in [3.63, 3.8) is 0 Å². The summed E-state index contributed by atoms with van der Waals surface area (Å²) in [4.78, 5) is 11.5. The van der Waals surface area contributed by atoms with Gasteiger partial charge in [-0.3, -0.25) is 0 Å². The van der Waals surface area contributed by atoms with Crippen LogP contribution in [0.25, 0.3) is 10.9 Å². The number of nitrogens with one attached hydrogen (secondary N) is 2. The highest BCUT2D eigenvalue weighted by atomic mass is 32.2. The average Bonchev–Trinajstić information content (AvgIpc) is 3.20. The van der Waals surface area contributed by atoms with E-state index in [1.54, 1.807) is 0 Å². The molecule has 0 unspecified atom stereocenters. The third-order valence-electron chi connectivity index (χ3n) is 9.95. The van der Waals surface area contributed by atoms with E-state index in [1.807, 2.05) is 43.3 Å². The lowest BCUT2D eigenvalue weighted by Gasteiger charge is -2.40. The highest BCUT2D eigenvalue weighted by molar-refractivity contribution is 7.89. The highest BCUT2D eigenvalue weighted by Crippen LogP contribution is 2.66. The van der Waals surface area contributed by atoms with Crippen molar-refractivity contribution in [2.75, 3.05) is 43.2 Å². The highest BCUT2D eigenvalue weighted by Gasteiger charge is 2.64. The van der Waals surface area contributed by atoms with Crippen molar-refractivity contribution in [3.05, 3.63) is 24.3 Å². The smallest absolute Gasteiger partial charge is 0.225 e. The van der Waals surface area contributed by atoms with Gasteiger partial charge in [0, 0.05) is 38.0 Å². The van der Waals surface area contributed by atoms with Gasteiger partial charge in [0.1, 0.15) is 5.82 Å². The topological polar surface area (TPSA) is 107 Å². The summed E-state index contributed by atoms with van der Waals surface area (Å²) in [5, 5.41) is 15.2. The summed E-state index contributed by atoms with van der Waals surface area (Å²) in [5.74, 6) is 2.92. The van der Waals surface area contributed by atoms with Crippen LogP contribution in [-0.2, 0) is 10.0 Å². The zero-order valence-electron chi connectivity index (χ0n) is 22.7. The van der Waals surface area contributed by atoms with Crippen molar-refractivity contribution >= 4 is 32.7 Å². The van der Waals surface area contributed by atoms with E-state index < -0.39 is 21.5 Å². The Balaban J connectivity index is 1.11. The number of aliphatic hydroxyl groups is 1. The summed E-state index contributed by atoms with van der Waals surface area (Å²) in [5.41, 5.74) is 0.291. The van der Waals surface area contributed by atoms with Crippen molar-refractivity contribution in [3.8, 4) is 0 Å². The maximum absolute atomic E-state index is 13.1. The normalized spacial score (nSPS) is 31.1. The first kappa shape index (κ1) is 26.6. The fourth-order valence-corrected chi connectivity index (χ4v) is 9.35. The number of sulfonamides is 1. The number of rotatable bonds is 9. The van der Waals surface area contributed by atoms with Gasteiger partial charge in [-0.1, -0.05) is 26.0 Å². The summed E-state index contributed by atoms with van der Waals surface area (Å²) in [6.45, 7) is 5.62. The van der Waals surface area contributed by atoms with Gasteiger partial charge in [-0.2, -0.15) is 4.98 Å². The Morgan fingerprint density at radius 3 is 2.32 bits per heavy atom. The molecular weight excluding hydrogens is 486 g/mol. The van der Waals surface area contributed by atoms with Crippen molar-refractivity contribution in [1.29, 1.82) is 0 Å². The van der Waals surface area contributed by atoms with Crippen molar-refractivity contribution < 1.29 is 13.5 Å². The third-order valence-corrected chi connectivity index (χ3v) is 11.5. The molecule has 0 aliphatic heterocycles. The number of aliphatic hydroxyl groups excluding tert-OH is 1. The molecule has 2 bridgehead atoms. The van der Waals surface area contributed by atoms with Gasteiger partial charge in [0.2, 0.25) is 16.0 Å². The van der Waals surface area contributed by atoms with Gasteiger partial charge in [0.05, 0.1) is 17.4 Å². The summed E-state index contributed by atoms with van der Waals surface area (Å²) in [6, 6.07) is 8.06. The molecule has 204 valence electrons. The zero-order valence-corrected chi connectivity index (χ0v) is 23.5. The molecule has 5 rings (SSSR count). The third kappa shape index (κ3) is 5.06. The molecule has 9 heteroatoms. The monoisotopic (exact) mass is 529 g/mol. The molecule has 0 radical (unpaired) electrons. The first-order valence-corrected chi connectivity index (χ1v) is 15.5. The van der Waals surface area contributed by atoms with E-state index in [4.69, 9.17) is 9.97 Å². The van der Waals surface area contributed by atoms with Gasteiger partial charge in [0.25, 0.3) is 0 Å². The van der Waals surface area contributed by atoms with Gasteiger partial charge in [0.15, 0.2) is 0 Å². The lowest BCUT2D eigenvalue weighted by molar-refractivity contribution is 0.0151. The Morgan fingerprint density at radius 1 is 1.03 bits per heavy atom. The zero-order chi connectivity index (χ0) is 26.4. The van der Waals surface area contributed by atoms with Crippen molar-refractivity contribution in [2.45, 2.75) is 64.9 Å². The molecule has 0 saturated heterocycles. The van der Waals surface area contributed by atoms with E-state index in [0.717, 1.165) is 68.2 Å². The number of anilines is 2. The van der Waals surface area contributed by atoms with E-state index in [-0.39, 0.29) is 11.2 Å². The molecule has 3 aliphatic carbocycles. The molecule has 1 aromatic heterocycles. The van der Waals surface area contributed by atoms with Crippen LogP contribution in [0.3, 0.4) is 0 Å². The van der Waals surface area contributed by atoms with E-state index in [2.05, 4.69) is 23.9 Å². The second-order valence-corrected chi connectivity index (χ2v) is 14.3. The predicted octanol–water partition coefficient (Wildman–Crippen LogP) is 4.02. The molecule has 3 saturated carbocycles. The number of aromatic nitrogens is 2. The molecule has 3 fully saturated rings. The van der Waals surface area contributed by atoms with Crippen LogP contribution in [-0.4, -0.2) is 62.5 Å². The molecule has 3 atom stereocenters. The number of fused-ring (bicyclic) bond motifs is 3. The first-order chi connectivity index (χ1) is 17.5. The summed E-state index contributed by atoms with van der Waals surface area (Å²) in [7, 11) is 0.546. The molecule has 3 aliphatic rings.